The highest BCUT2D eigenvalue weighted by Gasteiger charge is 2.49. The van der Waals surface area contributed by atoms with E-state index in [-0.39, 0.29) is 5.54 Å². The van der Waals surface area contributed by atoms with Crippen molar-refractivity contribution >= 4 is 11.8 Å². The van der Waals surface area contributed by atoms with Gasteiger partial charge in [0.2, 0.25) is 0 Å². The zero-order chi connectivity index (χ0) is 12.7. The van der Waals surface area contributed by atoms with Crippen LogP contribution in [0, 0.1) is 5.41 Å². The normalized spacial score (nSPS) is 37.2. The molecular weight excluding hydrogens is 228 g/mol. The van der Waals surface area contributed by atoms with Crippen LogP contribution in [0.15, 0.2) is 0 Å². The maximum absolute atomic E-state index is 6.21. The van der Waals surface area contributed by atoms with Crippen LogP contribution >= 0.6 is 11.8 Å². The van der Waals surface area contributed by atoms with E-state index in [0.29, 0.717) is 11.0 Å². The van der Waals surface area contributed by atoms with Crippen LogP contribution in [0.3, 0.4) is 0 Å². The Kier molecular flexibility index (Phi) is 3.57. The minimum absolute atomic E-state index is 0.242. The number of rotatable bonds is 2. The van der Waals surface area contributed by atoms with Gasteiger partial charge in [-0.2, -0.15) is 11.8 Å². The standard InChI is InChI=1S/C14H28N2S/c1-12(2)8-14(9-15,11-17-10-12)16-7-5-6-13(16,3)4/h5-11,15H2,1-4H3. The second-order valence-electron chi connectivity index (χ2n) is 7.33. The molecule has 2 heterocycles. The van der Waals surface area contributed by atoms with Crippen molar-refractivity contribution in [1.29, 1.82) is 0 Å². The lowest BCUT2D eigenvalue weighted by Crippen LogP contribution is -2.63. The number of hydrogen-bond acceptors (Lipinski definition) is 3. The van der Waals surface area contributed by atoms with Crippen LogP contribution in [0.25, 0.3) is 0 Å². The molecule has 2 saturated heterocycles. The van der Waals surface area contributed by atoms with Crippen LogP contribution in [0.1, 0.15) is 47.0 Å². The topological polar surface area (TPSA) is 29.3 Å². The predicted molar refractivity (Wildman–Crippen MR) is 77.5 cm³/mol. The van der Waals surface area contributed by atoms with E-state index in [1.807, 2.05) is 0 Å². The summed E-state index contributed by atoms with van der Waals surface area (Å²) in [4.78, 5) is 2.73. The van der Waals surface area contributed by atoms with Gasteiger partial charge < -0.3 is 5.73 Å². The van der Waals surface area contributed by atoms with Gasteiger partial charge >= 0.3 is 0 Å². The Morgan fingerprint density at radius 2 is 1.88 bits per heavy atom. The van der Waals surface area contributed by atoms with Crippen LogP contribution in [0.5, 0.6) is 0 Å². The summed E-state index contributed by atoms with van der Waals surface area (Å²) in [6, 6.07) is 0. The molecule has 100 valence electrons. The SMILES string of the molecule is CC1(C)CSCC(CN)(N2CCCC2(C)C)C1. The summed E-state index contributed by atoms with van der Waals surface area (Å²) in [6.45, 7) is 11.6. The fourth-order valence-electron chi connectivity index (χ4n) is 3.91. The molecule has 0 radical (unpaired) electrons. The fourth-order valence-corrected chi connectivity index (χ4v) is 5.42. The summed E-state index contributed by atoms with van der Waals surface area (Å²) < 4.78 is 0. The van der Waals surface area contributed by atoms with Crippen molar-refractivity contribution in [2.75, 3.05) is 24.6 Å². The van der Waals surface area contributed by atoms with Crippen molar-refractivity contribution in [2.24, 2.45) is 11.1 Å². The zero-order valence-electron chi connectivity index (χ0n) is 11.9. The third kappa shape index (κ3) is 2.52. The molecule has 0 amide bonds. The third-order valence-corrected chi connectivity index (χ3v) is 6.25. The van der Waals surface area contributed by atoms with E-state index in [2.05, 4.69) is 44.4 Å². The zero-order valence-corrected chi connectivity index (χ0v) is 12.7. The molecule has 2 aliphatic heterocycles. The molecule has 2 N–H and O–H groups in total. The number of thioether (sulfide) groups is 1. The van der Waals surface area contributed by atoms with Crippen LogP contribution in [0.2, 0.25) is 0 Å². The van der Waals surface area contributed by atoms with Crippen molar-refractivity contribution in [3.05, 3.63) is 0 Å². The van der Waals surface area contributed by atoms with Crippen molar-refractivity contribution < 1.29 is 0 Å². The summed E-state index contributed by atoms with van der Waals surface area (Å²) in [5.74, 6) is 2.50. The largest absolute Gasteiger partial charge is 0.329 e. The first-order valence-corrected chi connectivity index (χ1v) is 8.03. The fraction of sp³-hybridized carbons (Fsp3) is 1.00. The molecule has 0 saturated carbocycles. The van der Waals surface area contributed by atoms with Crippen molar-refractivity contribution in [3.8, 4) is 0 Å². The third-order valence-electron chi connectivity index (χ3n) is 4.52. The lowest BCUT2D eigenvalue weighted by molar-refractivity contribution is 0.0194. The molecule has 17 heavy (non-hydrogen) atoms. The van der Waals surface area contributed by atoms with E-state index in [9.17, 15) is 0 Å². The predicted octanol–water partition coefficient (Wildman–Crippen LogP) is 2.72. The molecule has 0 spiro atoms. The highest BCUT2D eigenvalue weighted by atomic mass is 32.2. The highest BCUT2D eigenvalue weighted by molar-refractivity contribution is 7.99. The van der Waals surface area contributed by atoms with E-state index >= 15 is 0 Å². The van der Waals surface area contributed by atoms with E-state index in [1.54, 1.807) is 0 Å². The van der Waals surface area contributed by atoms with Crippen molar-refractivity contribution in [2.45, 2.75) is 58.0 Å². The van der Waals surface area contributed by atoms with Gasteiger partial charge in [0.15, 0.2) is 0 Å². The Balaban J connectivity index is 2.25. The monoisotopic (exact) mass is 256 g/mol. The Bertz CT molecular complexity index is 288. The van der Waals surface area contributed by atoms with E-state index in [4.69, 9.17) is 5.73 Å². The van der Waals surface area contributed by atoms with Gasteiger partial charge in [-0.25, -0.2) is 0 Å². The first-order chi connectivity index (χ1) is 7.81. The lowest BCUT2D eigenvalue weighted by atomic mass is 9.77. The molecule has 2 nitrogen and oxygen atoms in total. The Hall–Kier alpha value is 0.270. The van der Waals surface area contributed by atoms with Crippen LogP contribution in [-0.4, -0.2) is 40.6 Å². The summed E-state index contributed by atoms with van der Waals surface area (Å²) in [5, 5.41) is 0. The molecular formula is C14H28N2S. The molecule has 3 heteroatoms. The second kappa shape index (κ2) is 4.43. The van der Waals surface area contributed by atoms with E-state index < -0.39 is 0 Å². The molecule has 0 aromatic rings. The van der Waals surface area contributed by atoms with Crippen LogP contribution in [-0.2, 0) is 0 Å². The minimum Gasteiger partial charge on any atom is -0.329 e. The quantitative estimate of drug-likeness (QED) is 0.824. The molecule has 0 aliphatic carbocycles. The number of hydrogen-bond donors (Lipinski definition) is 1. The summed E-state index contributed by atoms with van der Waals surface area (Å²) >= 11 is 2.10. The minimum atomic E-state index is 0.242. The summed E-state index contributed by atoms with van der Waals surface area (Å²) in [6.07, 6.45) is 3.91. The molecule has 2 rings (SSSR count). The maximum atomic E-state index is 6.21. The lowest BCUT2D eigenvalue weighted by Gasteiger charge is -2.53. The van der Waals surface area contributed by atoms with Gasteiger partial charge in [-0.05, 0) is 50.8 Å². The van der Waals surface area contributed by atoms with Gasteiger partial charge in [0, 0.05) is 23.4 Å². The van der Waals surface area contributed by atoms with Gasteiger partial charge in [0.05, 0.1) is 0 Å². The summed E-state index contributed by atoms with van der Waals surface area (Å²) in [7, 11) is 0. The van der Waals surface area contributed by atoms with Crippen LogP contribution < -0.4 is 5.73 Å². The van der Waals surface area contributed by atoms with E-state index in [1.165, 1.54) is 37.3 Å². The molecule has 0 bridgehead atoms. The van der Waals surface area contributed by atoms with E-state index in [0.717, 1.165) is 6.54 Å². The molecule has 0 aromatic carbocycles. The Morgan fingerprint density at radius 1 is 1.18 bits per heavy atom. The molecule has 1 unspecified atom stereocenters. The first kappa shape index (κ1) is 13.7. The molecule has 2 fully saturated rings. The van der Waals surface area contributed by atoms with Gasteiger partial charge in [-0.3, -0.25) is 4.90 Å². The van der Waals surface area contributed by atoms with Gasteiger partial charge in [-0.15, -0.1) is 0 Å². The summed E-state index contributed by atoms with van der Waals surface area (Å²) in [5.41, 5.74) is 7.22. The van der Waals surface area contributed by atoms with Gasteiger partial charge in [-0.1, -0.05) is 13.8 Å². The van der Waals surface area contributed by atoms with Crippen molar-refractivity contribution in [1.82, 2.24) is 4.90 Å². The van der Waals surface area contributed by atoms with Gasteiger partial charge in [0.25, 0.3) is 0 Å². The van der Waals surface area contributed by atoms with Crippen molar-refractivity contribution in [3.63, 3.8) is 0 Å². The number of nitrogens with two attached hydrogens (primary N) is 1. The first-order valence-electron chi connectivity index (χ1n) is 6.87. The number of nitrogens with zero attached hydrogens (tertiary/aromatic N) is 1. The average Bonchev–Trinajstić information content (AvgIpc) is 2.57. The molecule has 2 aliphatic rings. The highest BCUT2D eigenvalue weighted by Crippen LogP contribution is 2.46. The Labute approximate surface area is 111 Å². The molecule has 1 atom stereocenters. The smallest absolute Gasteiger partial charge is 0.0432 e. The second-order valence-corrected chi connectivity index (χ2v) is 8.32. The average molecular weight is 256 g/mol. The number of likely N-dealkylation sites (tertiary alicyclic amines) is 1. The Morgan fingerprint density at radius 3 is 2.35 bits per heavy atom. The molecule has 0 aromatic heterocycles. The van der Waals surface area contributed by atoms with Crippen LogP contribution in [0.4, 0.5) is 0 Å². The maximum Gasteiger partial charge on any atom is 0.0432 e. The van der Waals surface area contributed by atoms with Gasteiger partial charge in [0.1, 0.15) is 0 Å².